The summed E-state index contributed by atoms with van der Waals surface area (Å²) < 4.78 is 8.13. The molecule has 1 aromatic heterocycles. The molecule has 1 N–H and O–H groups in total. The molecule has 0 saturated heterocycles. The predicted molar refractivity (Wildman–Crippen MR) is 108 cm³/mol. The van der Waals surface area contributed by atoms with Gasteiger partial charge in [-0.05, 0) is 50.6 Å². The molecule has 3 rings (SSSR count). The first kappa shape index (κ1) is 19.4. The first-order chi connectivity index (χ1) is 13.2. The molecule has 0 aliphatic carbocycles. The van der Waals surface area contributed by atoms with E-state index in [1.54, 1.807) is 63.2 Å². The van der Waals surface area contributed by atoms with Crippen LogP contribution in [0.2, 0.25) is 0 Å². The molecule has 0 spiro atoms. The lowest BCUT2D eigenvalue weighted by atomic mass is 10.2. The second kappa shape index (κ2) is 7.34. The highest BCUT2D eigenvalue weighted by atomic mass is 16.6. The zero-order valence-electron chi connectivity index (χ0n) is 16.4. The first-order valence-corrected chi connectivity index (χ1v) is 8.96. The molecule has 0 radical (unpaired) electrons. The van der Waals surface area contributed by atoms with Crippen LogP contribution < -0.4 is 10.9 Å². The normalized spacial score (nSPS) is 11.4. The summed E-state index contributed by atoms with van der Waals surface area (Å²) in [6, 6.07) is 14.1. The Morgan fingerprint density at radius 1 is 1.07 bits per heavy atom. The third kappa shape index (κ3) is 4.14. The number of aromatic nitrogens is 2. The summed E-state index contributed by atoms with van der Waals surface area (Å²) in [5.74, 6) is -0.183. The summed E-state index contributed by atoms with van der Waals surface area (Å²) in [6.07, 6.45) is -0.621. The van der Waals surface area contributed by atoms with Crippen LogP contribution >= 0.6 is 0 Å². The van der Waals surface area contributed by atoms with Crippen molar-refractivity contribution in [3.63, 3.8) is 0 Å². The molecule has 28 heavy (non-hydrogen) atoms. The molecule has 1 amide bonds. The van der Waals surface area contributed by atoms with E-state index in [1.807, 2.05) is 6.07 Å². The first-order valence-electron chi connectivity index (χ1n) is 8.96. The summed E-state index contributed by atoms with van der Waals surface area (Å²) in [5, 5.41) is 3.15. The second-order valence-electron chi connectivity index (χ2n) is 7.55. The van der Waals surface area contributed by atoms with Gasteiger partial charge in [0.2, 0.25) is 5.91 Å². The van der Waals surface area contributed by atoms with Gasteiger partial charge >= 0.3 is 6.09 Å². The number of fused-ring (bicyclic) bond motifs is 1. The monoisotopic (exact) mass is 381 g/mol. The lowest BCUT2D eigenvalue weighted by Gasteiger charge is -2.21. The van der Waals surface area contributed by atoms with Crippen LogP contribution in [0.4, 0.5) is 10.5 Å². The van der Waals surface area contributed by atoms with Gasteiger partial charge in [-0.15, -0.1) is 0 Å². The Hall–Kier alpha value is -3.35. The van der Waals surface area contributed by atoms with Crippen molar-refractivity contribution in [3.05, 3.63) is 64.4 Å². The molecule has 3 aromatic rings. The zero-order valence-corrected chi connectivity index (χ0v) is 16.4. The van der Waals surface area contributed by atoms with Gasteiger partial charge in [-0.1, -0.05) is 24.3 Å². The summed E-state index contributed by atoms with van der Waals surface area (Å²) in [4.78, 5) is 37.1. The number of benzene rings is 2. The molecule has 0 aliphatic heterocycles. The van der Waals surface area contributed by atoms with Gasteiger partial charge in [0.15, 0.2) is 0 Å². The molecule has 0 fully saturated rings. The summed E-state index contributed by atoms with van der Waals surface area (Å²) in [5.41, 5.74) is 0.888. The molecule has 0 aliphatic rings. The van der Waals surface area contributed by atoms with Crippen LogP contribution in [0.5, 0.6) is 0 Å². The molecule has 7 nitrogen and oxygen atoms in total. The van der Waals surface area contributed by atoms with E-state index in [0.29, 0.717) is 16.6 Å². The van der Waals surface area contributed by atoms with Crippen LogP contribution in [0.25, 0.3) is 10.9 Å². The van der Waals surface area contributed by atoms with E-state index in [9.17, 15) is 14.4 Å². The van der Waals surface area contributed by atoms with E-state index in [2.05, 4.69) is 5.32 Å². The Morgan fingerprint density at radius 2 is 1.79 bits per heavy atom. The maximum absolute atomic E-state index is 13.0. The third-order valence-electron chi connectivity index (χ3n) is 3.98. The molecule has 0 saturated carbocycles. The van der Waals surface area contributed by atoms with Crippen LogP contribution in [-0.2, 0) is 16.1 Å². The Labute approximate surface area is 162 Å². The number of ether oxygens (including phenoxy) is 1. The molecule has 1 heterocycles. The number of hydrogen-bond acceptors (Lipinski definition) is 4. The van der Waals surface area contributed by atoms with Crippen LogP contribution in [0.1, 0.15) is 33.3 Å². The van der Waals surface area contributed by atoms with Gasteiger partial charge in [0.1, 0.15) is 5.60 Å². The van der Waals surface area contributed by atoms with Crippen molar-refractivity contribution in [2.24, 2.45) is 0 Å². The van der Waals surface area contributed by atoms with E-state index >= 15 is 0 Å². The number of carbonyl (C=O) groups excluding carboxylic acids is 2. The zero-order chi connectivity index (χ0) is 20.5. The van der Waals surface area contributed by atoms with E-state index in [-0.39, 0.29) is 18.0 Å². The molecule has 0 atom stereocenters. The predicted octanol–water partition coefficient (Wildman–Crippen LogP) is 3.59. The minimum absolute atomic E-state index is 0.153. The van der Waals surface area contributed by atoms with Crippen molar-refractivity contribution in [2.75, 3.05) is 5.32 Å². The van der Waals surface area contributed by atoms with Crippen molar-refractivity contribution >= 4 is 28.6 Å². The van der Waals surface area contributed by atoms with Gasteiger partial charge < -0.3 is 10.1 Å². The number of amides is 1. The fourth-order valence-electron chi connectivity index (χ4n) is 2.97. The lowest BCUT2D eigenvalue weighted by molar-refractivity contribution is -0.114. The topological polar surface area (TPSA) is 82.3 Å². The Kier molecular flexibility index (Phi) is 5.09. The van der Waals surface area contributed by atoms with E-state index in [0.717, 1.165) is 5.56 Å². The number of para-hydroxylation sites is 1. The molecular formula is C21H23N3O4. The number of nitrogens with one attached hydrogen (secondary N) is 1. The van der Waals surface area contributed by atoms with Gasteiger partial charge in [0, 0.05) is 12.6 Å². The van der Waals surface area contributed by atoms with E-state index in [1.165, 1.54) is 16.3 Å². The highest BCUT2D eigenvalue weighted by Crippen LogP contribution is 2.17. The largest absolute Gasteiger partial charge is 0.442 e. The minimum atomic E-state index is -0.700. The SMILES string of the molecule is CC(=O)Nc1cccc(Cn2c(=O)c3ccccc3n2C(=O)OC(C)(C)C)c1. The van der Waals surface area contributed by atoms with Gasteiger partial charge in [0.25, 0.3) is 5.56 Å². The second-order valence-corrected chi connectivity index (χ2v) is 7.55. The third-order valence-corrected chi connectivity index (χ3v) is 3.98. The van der Waals surface area contributed by atoms with Crippen LogP contribution in [0.15, 0.2) is 53.3 Å². The van der Waals surface area contributed by atoms with E-state index < -0.39 is 11.7 Å². The van der Waals surface area contributed by atoms with Crippen molar-refractivity contribution in [1.82, 2.24) is 9.36 Å². The van der Waals surface area contributed by atoms with Crippen molar-refractivity contribution in [3.8, 4) is 0 Å². The Bertz CT molecular complexity index is 1100. The Morgan fingerprint density at radius 3 is 2.46 bits per heavy atom. The fourth-order valence-corrected chi connectivity index (χ4v) is 2.97. The molecule has 2 aromatic carbocycles. The minimum Gasteiger partial charge on any atom is -0.442 e. The smallest absolute Gasteiger partial charge is 0.434 e. The average Bonchev–Trinajstić information content (AvgIpc) is 2.86. The average molecular weight is 381 g/mol. The number of rotatable bonds is 3. The van der Waals surface area contributed by atoms with Gasteiger partial charge in [0.05, 0.1) is 17.4 Å². The lowest BCUT2D eigenvalue weighted by Crippen LogP contribution is -2.33. The van der Waals surface area contributed by atoms with Crippen molar-refractivity contribution in [2.45, 2.75) is 39.8 Å². The van der Waals surface area contributed by atoms with Crippen LogP contribution in [0, 0.1) is 0 Å². The maximum atomic E-state index is 13.0. The van der Waals surface area contributed by atoms with Crippen LogP contribution in [0.3, 0.4) is 0 Å². The van der Waals surface area contributed by atoms with Crippen LogP contribution in [-0.4, -0.2) is 27.0 Å². The fraction of sp³-hybridized carbons (Fsp3) is 0.286. The number of nitrogens with zero attached hydrogens (tertiary/aromatic N) is 2. The Balaban J connectivity index is 2.09. The molecule has 0 bridgehead atoms. The molecule has 7 heteroatoms. The van der Waals surface area contributed by atoms with Crippen molar-refractivity contribution < 1.29 is 14.3 Å². The maximum Gasteiger partial charge on any atom is 0.434 e. The van der Waals surface area contributed by atoms with Gasteiger partial charge in [-0.3, -0.25) is 9.59 Å². The molecule has 146 valence electrons. The van der Waals surface area contributed by atoms with Gasteiger partial charge in [-0.2, -0.15) is 4.68 Å². The number of hydrogen-bond donors (Lipinski definition) is 1. The van der Waals surface area contributed by atoms with Crippen molar-refractivity contribution in [1.29, 1.82) is 0 Å². The summed E-state index contributed by atoms with van der Waals surface area (Å²) in [6.45, 7) is 6.90. The summed E-state index contributed by atoms with van der Waals surface area (Å²) in [7, 11) is 0. The highest BCUT2D eigenvalue weighted by Gasteiger charge is 2.24. The standard InChI is InChI=1S/C21H23N3O4/c1-14(25)22-16-9-7-8-15(12-16)13-23-19(26)17-10-5-6-11-18(17)24(23)20(27)28-21(2,3)4/h5-12H,13H2,1-4H3,(H,22,25). The summed E-state index contributed by atoms with van der Waals surface area (Å²) >= 11 is 0. The highest BCUT2D eigenvalue weighted by molar-refractivity contribution is 5.89. The number of anilines is 1. The molecule has 0 unspecified atom stereocenters. The quantitative estimate of drug-likeness (QED) is 0.752. The van der Waals surface area contributed by atoms with E-state index in [4.69, 9.17) is 4.74 Å². The molecular weight excluding hydrogens is 358 g/mol. The van der Waals surface area contributed by atoms with Gasteiger partial charge in [-0.25, -0.2) is 9.48 Å². The number of carbonyl (C=O) groups is 2.